The Hall–Kier alpha value is -0.790. The van der Waals surface area contributed by atoms with E-state index in [1.54, 1.807) is 10.2 Å². The van der Waals surface area contributed by atoms with E-state index < -0.39 is 6.10 Å². The maximum atomic E-state index is 9.25. The van der Waals surface area contributed by atoms with E-state index >= 15 is 0 Å². The van der Waals surface area contributed by atoms with E-state index in [9.17, 15) is 5.11 Å². The summed E-state index contributed by atoms with van der Waals surface area (Å²) < 4.78 is 1.75. The topological polar surface area (TPSA) is 20.2 Å². The minimum atomic E-state index is -0.669. The van der Waals surface area contributed by atoms with E-state index in [1.165, 1.54) is 0 Å². The lowest BCUT2D eigenvalue weighted by Crippen LogP contribution is -1.95. The Balaban J connectivity index is 2.67. The first-order valence-corrected chi connectivity index (χ1v) is 5.09. The second-order valence-electron chi connectivity index (χ2n) is 2.40. The summed E-state index contributed by atoms with van der Waals surface area (Å²) >= 11 is 2.05. The molecule has 66 valence electrons. The number of aliphatic hydroxyl groups is 1. The van der Waals surface area contributed by atoms with Gasteiger partial charge in [-0.15, -0.1) is 0 Å². The Labute approximate surface area is 91.6 Å². The van der Waals surface area contributed by atoms with Gasteiger partial charge in [-0.1, -0.05) is 52.6 Å². The standard InChI is InChI=1S/C11H9IO/c12-9-8-11(13)7-6-10-4-2-1-3-5-10/h1-5,8-9,11,13H/b9-8-/t11-/m1/s1. The van der Waals surface area contributed by atoms with Crippen LogP contribution in [0.5, 0.6) is 0 Å². The van der Waals surface area contributed by atoms with Gasteiger partial charge in [0.1, 0.15) is 6.10 Å². The van der Waals surface area contributed by atoms with E-state index in [2.05, 4.69) is 11.8 Å². The number of rotatable bonds is 1. The Kier molecular flexibility index (Phi) is 4.58. The number of hydrogen-bond donors (Lipinski definition) is 1. The van der Waals surface area contributed by atoms with E-state index in [1.807, 2.05) is 52.9 Å². The molecule has 1 N–H and O–H groups in total. The fraction of sp³-hybridized carbons (Fsp3) is 0.0909. The second kappa shape index (κ2) is 5.79. The SMILES string of the molecule is O[C@H](C#Cc1ccccc1)/C=C\I. The molecular formula is C11H9IO. The molecule has 1 aromatic rings. The third-order valence-corrected chi connectivity index (χ3v) is 1.81. The first-order chi connectivity index (χ1) is 6.33. The summed E-state index contributed by atoms with van der Waals surface area (Å²) in [6, 6.07) is 9.60. The molecule has 1 rings (SSSR count). The summed E-state index contributed by atoms with van der Waals surface area (Å²) in [5.41, 5.74) is 0.920. The van der Waals surface area contributed by atoms with Crippen LogP contribution in [0.3, 0.4) is 0 Å². The minimum absolute atomic E-state index is 0.669. The first-order valence-electron chi connectivity index (χ1n) is 3.84. The van der Waals surface area contributed by atoms with Crippen molar-refractivity contribution in [3.05, 3.63) is 46.1 Å². The van der Waals surface area contributed by atoms with Crippen molar-refractivity contribution >= 4 is 22.6 Å². The van der Waals surface area contributed by atoms with Crippen molar-refractivity contribution < 1.29 is 5.11 Å². The van der Waals surface area contributed by atoms with Gasteiger partial charge in [-0.2, -0.15) is 0 Å². The van der Waals surface area contributed by atoms with Gasteiger partial charge in [0.2, 0.25) is 0 Å². The molecule has 1 aromatic carbocycles. The molecule has 0 spiro atoms. The van der Waals surface area contributed by atoms with Gasteiger partial charge in [0.25, 0.3) is 0 Å². The molecule has 0 fully saturated rings. The van der Waals surface area contributed by atoms with Crippen molar-refractivity contribution in [1.82, 2.24) is 0 Å². The zero-order valence-corrected chi connectivity index (χ0v) is 9.10. The van der Waals surface area contributed by atoms with Crippen molar-refractivity contribution in [3.8, 4) is 11.8 Å². The van der Waals surface area contributed by atoms with Crippen LogP contribution < -0.4 is 0 Å². The van der Waals surface area contributed by atoms with Gasteiger partial charge in [-0.3, -0.25) is 0 Å². The molecule has 13 heavy (non-hydrogen) atoms. The number of benzene rings is 1. The van der Waals surface area contributed by atoms with E-state index in [0.29, 0.717) is 0 Å². The maximum Gasteiger partial charge on any atom is 0.134 e. The van der Waals surface area contributed by atoms with Gasteiger partial charge in [0, 0.05) is 5.56 Å². The zero-order chi connectivity index (χ0) is 9.52. The molecular weight excluding hydrogens is 275 g/mol. The van der Waals surface area contributed by atoms with E-state index in [-0.39, 0.29) is 0 Å². The van der Waals surface area contributed by atoms with Crippen LogP contribution in [0.4, 0.5) is 0 Å². The predicted molar refractivity (Wildman–Crippen MR) is 62.5 cm³/mol. The molecule has 2 heteroatoms. The highest BCUT2D eigenvalue weighted by atomic mass is 127. The van der Waals surface area contributed by atoms with Gasteiger partial charge < -0.3 is 5.11 Å². The van der Waals surface area contributed by atoms with Crippen molar-refractivity contribution in [3.63, 3.8) is 0 Å². The Morgan fingerprint density at radius 3 is 2.62 bits per heavy atom. The molecule has 0 heterocycles. The second-order valence-corrected chi connectivity index (χ2v) is 3.12. The summed E-state index contributed by atoms with van der Waals surface area (Å²) in [7, 11) is 0. The maximum absolute atomic E-state index is 9.25. The average molecular weight is 284 g/mol. The fourth-order valence-corrected chi connectivity index (χ4v) is 1.19. The van der Waals surface area contributed by atoms with Crippen LogP contribution in [0, 0.1) is 11.8 Å². The molecule has 0 aromatic heterocycles. The van der Waals surface area contributed by atoms with Crippen LogP contribution in [0.15, 0.2) is 40.5 Å². The molecule has 0 saturated carbocycles. The Morgan fingerprint density at radius 1 is 1.31 bits per heavy atom. The quantitative estimate of drug-likeness (QED) is 0.620. The van der Waals surface area contributed by atoms with E-state index in [4.69, 9.17) is 0 Å². The molecule has 0 bridgehead atoms. The monoisotopic (exact) mass is 284 g/mol. The van der Waals surface area contributed by atoms with Crippen molar-refractivity contribution in [2.75, 3.05) is 0 Å². The van der Waals surface area contributed by atoms with Crippen LogP contribution in [-0.2, 0) is 0 Å². The minimum Gasteiger partial charge on any atom is -0.377 e. The zero-order valence-electron chi connectivity index (χ0n) is 6.94. The van der Waals surface area contributed by atoms with Gasteiger partial charge in [0.15, 0.2) is 0 Å². The predicted octanol–water partition coefficient (Wildman–Crippen LogP) is 2.35. The summed E-state index contributed by atoms with van der Waals surface area (Å²) in [6.45, 7) is 0. The van der Waals surface area contributed by atoms with Crippen LogP contribution in [-0.4, -0.2) is 11.2 Å². The van der Waals surface area contributed by atoms with Crippen LogP contribution in [0.1, 0.15) is 5.56 Å². The summed E-state index contributed by atoms with van der Waals surface area (Å²) in [4.78, 5) is 0. The molecule has 0 saturated heterocycles. The summed E-state index contributed by atoms with van der Waals surface area (Å²) in [5, 5.41) is 9.25. The van der Waals surface area contributed by atoms with Gasteiger partial charge in [0.05, 0.1) is 0 Å². The highest BCUT2D eigenvalue weighted by Gasteiger charge is 1.88. The third-order valence-electron chi connectivity index (χ3n) is 1.39. The molecule has 1 nitrogen and oxygen atoms in total. The van der Waals surface area contributed by atoms with Crippen molar-refractivity contribution in [2.45, 2.75) is 6.10 Å². The fourth-order valence-electron chi connectivity index (χ4n) is 0.796. The van der Waals surface area contributed by atoms with Gasteiger partial charge in [-0.25, -0.2) is 0 Å². The van der Waals surface area contributed by atoms with Crippen molar-refractivity contribution in [2.24, 2.45) is 0 Å². The summed E-state index contributed by atoms with van der Waals surface area (Å²) in [5.74, 6) is 5.59. The third kappa shape index (κ3) is 4.11. The van der Waals surface area contributed by atoms with Gasteiger partial charge in [-0.05, 0) is 22.3 Å². The van der Waals surface area contributed by atoms with E-state index in [0.717, 1.165) is 5.56 Å². The first kappa shape index (κ1) is 10.3. The van der Waals surface area contributed by atoms with Crippen LogP contribution in [0.2, 0.25) is 0 Å². The Bertz CT molecular complexity index is 332. The van der Waals surface area contributed by atoms with Crippen molar-refractivity contribution in [1.29, 1.82) is 0 Å². The molecule has 0 aliphatic carbocycles. The smallest absolute Gasteiger partial charge is 0.134 e. The summed E-state index contributed by atoms with van der Waals surface area (Å²) in [6.07, 6.45) is 0.966. The molecule has 0 unspecified atom stereocenters. The normalized spacial score (nSPS) is 12.2. The number of aliphatic hydroxyl groups excluding tert-OH is 1. The largest absolute Gasteiger partial charge is 0.377 e. The molecule has 0 radical (unpaired) electrons. The number of hydrogen-bond acceptors (Lipinski definition) is 1. The lowest BCUT2D eigenvalue weighted by molar-refractivity contribution is 0.281. The highest BCUT2D eigenvalue weighted by Crippen LogP contribution is 1.96. The highest BCUT2D eigenvalue weighted by molar-refractivity contribution is 14.1. The van der Waals surface area contributed by atoms with Gasteiger partial charge >= 0.3 is 0 Å². The molecule has 0 amide bonds. The lowest BCUT2D eigenvalue weighted by Gasteiger charge is -1.91. The lowest BCUT2D eigenvalue weighted by atomic mass is 10.2. The average Bonchev–Trinajstić information content (AvgIpc) is 2.17. The van der Waals surface area contributed by atoms with Crippen LogP contribution >= 0.6 is 22.6 Å². The Morgan fingerprint density at radius 2 is 2.00 bits per heavy atom. The number of halogens is 1. The molecule has 1 atom stereocenters. The molecule has 0 aliphatic rings. The van der Waals surface area contributed by atoms with Crippen LogP contribution in [0.25, 0.3) is 0 Å². The molecule has 0 aliphatic heterocycles.